The molecule has 0 saturated carbocycles. The van der Waals surface area contributed by atoms with Crippen molar-refractivity contribution in [2.75, 3.05) is 0 Å². The van der Waals surface area contributed by atoms with Gasteiger partial charge in [-0.3, -0.25) is 4.99 Å². The van der Waals surface area contributed by atoms with Gasteiger partial charge in [0.1, 0.15) is 0 Å². The van der Waals surface area contributed by atoms with Crippen LogP contribution in [-0.2, 0) is 0 Å². The second-order valence-electron chi connectivity index (χ2n) is 6.52. The molecule has 0 heterocycles. The van der Waals surface area contributed by atoms with Gasteiger partial charge in [0, 0.05) is 6.04 Å². The maximum Gasteiger partial charge on any atom is 0.0724 e. The third kappa shape index (κ3) is 4.77. The zero-order valence-corrected chi connectivity index (χ0v) is 15.0. The molecule has 2 aromatic rings. The molecule has 0 spiro atoms. The molecular weight excluding hydrogens is 304 g/mol. The van der Waals surface area contributed by atoms with Crippen LogP contribution in [0, 0.1) is 0 Å². The van der Waals surface area contributed by atoms with Gasteiger partial charge < -0.3 is 5.32 Å². The van der Waals surface area contributed by atoms with Crippen LogP contribution in [0.2, 0.25) is 0 Å². The lowest BCUT2D eigenvalue weighted by Crippen LogP contribution is -2.37. The van der Waals surface area contributed by atoms with Gasteiger partial charge in [-0.15, -0.1) is 0 Å². The van der Waals surface area contributed by atoms with Crippen LogP contribution in [0.1, 0.15) is 43.5 Å². The van der Waals surface area contributed by atoms with E-state index in [1.165, 1.54) is 11.1 Å². The molecule has 128 valence electrons. The highest BCUT2D eigenvalue weighted by Gasteiger charge is 2.18. The van der Waals surface area contributed by atoms with Crippen molar-refractivity contribution < 1.29 is 0 Å². The first-order valence-electron chi connectivity index (χ1n) is 9.01. The molecule has 0 amide bonds. The molecule has 0 fully saturated rings. The molecule has 2 heteroatoms. The van der Waals surface area contributed by atoms with Crippen molar-refractivity contribution >= 4 is 5.71 Å². The molecule has 0 aromatic heterocycles. The summed E-state index contributed by atoms with van der Waals surface area (Å²) < 4.78 is 0. The topological polar surface area (TPSA) is 24.4 Å². The Morgan fingerprint density at radius 3 is 2.20 bits per heavy atom. The van der Waals surface area contributed by atoms with Crippen molar-refractivity contribution in [3.8, 4) is 0 Å². The first-order chi connectivity index (χ1) is 12.2. The van der Waals surface area contributed by atoms with Crippen LogP contribution in [0.3, 0.4) is 0 Å². The number of allylic oxidation sites excluding steroid dienone is 2. The van der Waals surface area contributed by atoms with Crippen molar-refractivity contribution in [2.45, 2.75) is 38.4 Å². The van der Waals surface area contributed by atoms with E-state index in [0.717, 1.165) is 12.1 Å². The highest BCUT2D eigenvalue weighted by Crippen LogP contribution is 2.20. The summed E-state index contributed by atoms with van der Waals surface area (Å²) in [7, 11) is 0. The Morgan fingerprint density at radius 2 is 1.52 bits per heavy atom. The summed E-state index contributed by atoms with van der Waals surface area (Å²) in [6.45, 7) is 4.37. The van der Waals surface area contributed by atoms with Crippen LogP contribution in [0.5, 0.6) is 0 Å². The lowest BCUT2D eigenvalue weighted by molar-refractivity contribution is 0.531. The Bertz CT molecular complexity index is 744. The Kier molecular flexibility index (Phi) is 5.97. The molecule has 1 aliphatic carbocycles. The Balaban J connectivity index is 1.79. The zero-order valence-electron chi connectivity index (χ0n) is 15.0. The molecule has 2 nitrogen and oxygen atoms in total. The lowest BCUT2D eigenvalue weighted by Gasteiger charge is -2.23. The fourth-order valence-corrected chi connectivity index (χ4v) is 3.14. The number of rotatable bonds is 5. The first kappa shape index (κ1) is 17.4. The molecular formula is C23H26N2. The Hall–Kier alpha value is -2.45. The van der Waals surface area contributed by atoms with E-state index in [9.17, 15) is 0 Å². The van der Waals surface area contributed by atoms with E-state index in [4.69, 9.17) is 4.99 Å². The number of nitrogens with zero attached hydrogens (tertiary/aromatic N) is 1. The molecule has 3 unspecified atom stereocenters. The standard InChI is InChI=1S/C23H26N2/c1-18(20-12-6-3-7-13-20)24-22-16-10-5-11-17-23(22)25-19(2)21-14-8-4-9-15-21/h3-16,18-19,23,25H,17H2,1-2H3. The monoisotopic (exact) mass is 330 g/mol. The van der Waals surface area contributed by atoms with E-state index in [1.807, 2.05) is 6.07 Å². The van der Waals surface area contributed by atoms with Gasteiger partial charge in [-0.1, -0.05) is 78.9 Å². The van der Waals surface area contributed by atoms with E-state index in [2.05, 4.69) is 98.1 Å². The van der Waals surface area contributed by atoms with E-state index in [-0.39, 0.29) is 18.1 Å². The van der Waals surface area contributed by atoms with Crippen LogP contribution in [0.15, 0.2) is 90.0 Å². The second-order valence-corrected chi connectivity index (χ2v) is 6.52. The number of aliphatic imine (C=N–C) groups is 1. The third-order valence-corrected chi connectivity index (χ3v) is 4.62. The number of benzene rings is 2. The van der Waals surface area contributed by atoms with Crippen LogP contribution >= 0.6 is 0 Å². The maximum absolute atomic E-state index is 5.02. The quantitative estimate of drug-likeness (QED) is 0.777. The van der Waals surface area contributed by atoms with Gasteiger partial charge in [-0.05, 0) is 37.5 Å². The Morgan fingerprint density at radius 1 is 0.880 bits per heavy atom. The van der Waals surface area contributed by atoms with Gasteiger partial charge in [-0.2, -0.15) is 0 Å². The van der Waals surface area contributed by atoms with Crippen molar-refractivity contribution in [3.05, 3.63) is 96.1 Å². The van der Waals surface area contributed by atoms with E-state index >= 15 is 0 Å². The average molecular weight is 330 g/mol. The predicted octanol–water partition coefficient (Wildman–Crippen LogP) is 5.42. The minimum atomic E-state index is 0.148. The zero-order chi connectivity index (χ0) is 17.5. The fraction of sp³-hybridized carbons (Fsp3) is 0.261. The smallest absolute Gasteiger partial charge is 0.0724 e. The minimum absolute atomic E-state index is 0.148. The van der Waals surface area contributed by atoms with Gasteiger partial charge in [0.15, 0.2) is 0 Å². The summed E-state index contributed by atoms with van der Waals surface area (Å²) in [6, 6.07) is 21.7. The number of hydrogen-bond acceptors (Lipinski definition) is 2. The molecule has 1 N–H and O–H groups in total. The molecule has 3 rings (SSSR count). The van der Waals surface area contributed by atoms with Gasteiger partial charge in [0.25, 0.3) is 0 Å². The maximum atomic E-state index is 5.02. The van der Waals surface area contributed by atoms with E-state index in [0.29, 0.717) is 0 Å². The van der Waals surface area contributed by atoms with Crippen molar-refractivity contribution in [1.29, 1.82) is 0 Å². The van der Waals surface area contributed by atoms with Crippen LogP contribution in [0.4, 0.5) is 0 Å². The summed E-state index contributed by atoms with van der Waals surface area (Å²) in [5.41, 5.74) is 3.66. The summed E-state index contributed by atoms with van der Waals surface area (Å²) in [4.78, 5) is 5.02. The SMILES string of the molecule is CC(N=C1C=CC=CCC1NC(C)c1ccccc1)c1ccccc1. The number of nitrogens with one attached hydrogen (secondary N) is 1. The molecule has 0 aliphatic heterocycles. The molecule has 2 aromatic carbocycles. The minimum Gasteiger partial charge on any atom is -0.302 e. The van der Waals surface area contributed by atoms with E-state index in [1.54, 1.807) is 0 Å². The van der Waals surface area contributed by atoms with Crippen LogP contribution < -0.4 is 5.32 Å². The summed E-state index contributed by atoms with van der Waals surface area (Å²) in [5, 5.41) is 3.75. The van der Waals surface area contributed by atoms with Crippen molar-refractivity contribution in [3.63, 3.8) is 0 Å². The van der Waals surface area contributed by atoms with Crippen molar-refractivity contribution in [2.24, 2.45) is 4.99 Å². The first-order valence-corrected chi connectivity index (χ1v) is 9.01. The third-order valence-electron chi connectivity index (χ3n) is 4.62. The summed E-state index contributed by atoms with van der Waals surface area (Å²) in [6.07, 6.45) is 9.49. The molecule has 1 aliphatic rings. The van der Waals surface area contributed by atoms with Crippen LogP contribution in [-0.4, -0.2) is 11.8 Å². The second kappa shape index (κ2) is 8.59. The highest BCUT2D eigenvalue weighted by molar-refractivity contribution is 6.00. The van der Waals surface area contributed by atoms with Gasteiger partial charge in [0.2, 0.25) is 0 Å². The molecule has 25 heavy (non-hydrogen) atoms. The van der Waals surface area contributed by atoms with Crippen LogP contribution in [0.25, 0.3) is 0 Å². The van der Waals surface area contributed by atoms with Gasteiger partial charge >= 0.3 is 0 Å². The molecule has 0 bridgehead atoms. The van der Waals surface area contributed by atoms with Gasteiger partial charge in [-0.25, -0.2) is 0 Å². The normalized spacial score (nSPS) is 21.0. The van der Waals surface area contributed by atoms with E-state index < -0.39 is 0 Å². The lowest BCUT2D eigenvalue weighted by atomic mass is 10.0. The molecule has 0 saturated heterocycles. The molecule has 0 radical (unpaired) electrons. The van der Waals surface area contributed by atoms with Gasteiger partial charge in [0.05, 0.1) is 17.8 Å². The van der Waals surface area contributed by atoms with Crippen molar-refractivity contribution in [1.82, 2.24) is 5.32 Å². The molecule has 3 atom stereocenters. The summed E-state index contributed by atoms with van der Waals surface area (Å²) >= 11 is 0. The predicted molar refractivity (Wildman–Crippen MR) is 107 cm³/mol. The largest absolute Gasteiger partial charge is 0.302 e. The summed E-state index contributed by atoms with van der Waals surface area (Å²) in [5.74, 6) is 0. The number of hydrogen-bond donors (Lipinski definition) is 1. The average Bonchev–Trinajstić information content (AvgIpc) is 2.88. The highest BCUT2D eigenvalue weighted by atomic mass is 15.0. The fourth-order valence-electron chi connectivity index (χ4n) is 3.14. The Labute approximate surface area is 151 Å².